The van der Waals surface area contributed by atoms with Crippen LogP contribution < -0.4 is 0 Å². The Morgan fingerprint density at radius 2 is 2.00 bits per heavy atom. The first-order valence-corrected chi connectivity index (χ1v) is 5.14. The van der Waals surface area contributed by atoms with Crippen LogP contribution in [0.1, 0.15) is 24.1 Å². The van der Waals surface area contributed by atoms with Gasteiger partial charge in [0.2, 0.25) is 0 Å². The molecule has 2 rings (SSSR count). The summed E-state index contributed by atoms with van der Waals surface area (Å²) in [6.45, 7) is 1.74. The Balaban J connectivity index is 2.40. The van der Waals surface area contributed by atoms with Gasteiger partial charge in [-0.1, -0.05) is 6.07 Å². The Morgan fingerprint density at radius 1 is 1.19 bits per heavy atom. The molecule has 16 heavy (non-hydrogen) atoms. The van der Waals surface area contributed by atoms with E-state index in [9.17, 15) is 5.11 Å². The van der Waals surface area contributed by atoms with Gasteiger partial charge in [0, 0.05) is 18.6 Å². The van der Waals surface area contributed by atoms with Gasteiger partial charge in [0.15, 0.2) is 0 Å². The summed E-state index contributed by atoms with van der Waals surface area (Å²) < 4.78 is 0. The van der Waals surface area contributed by atoms with Gasteiger partial charge in [-0.05, 0) is 30.7 Å². The van der Waals surface area contributed by atoms with Crippen LogP contribution in [-0.4, -0.2) is 26.4 Å². The summed E-state index contributed by atoms with van der Waals surface area (Å²) in [5.41, 5.74) is 1.70. The summed E-state index contributed by atoms with van der Waals surface area (Å²) in [5, 5.41) is 17.7. The summed E-state index contributed by atoms with van der Waals surface area (Å²) in [7, 11) is 0. The largest absolute Gasteiger partial charge is 0.392 e. The highest BCUT2D eigenvalue weighted by atomic mass is 16.3. The number of aliphatic hydroxyl groups is 1. The Morgan fingerprint density at radius 3 is 2.56 bits per heavy atom. The van der Waals surface area contributed by atoms with E-state index in [-0.39, 0.29) is 5.92 Å². The standard InChI is InChI=1S/C12H13N3O/c1-9(16)12(10-4-2-6-13-8-10)11-5-3-7-14-15-11/h2-9,12,16H,1H3. The molecule has 0 saturated heterocycles. The van der Waals surface area contributed by atoms with E-state index in [1.165, 1.54) is 0 Å². The second-order valence-electron chi connectivity index (χ2n) is 3.65. The zero-order valence-electron chi connectivity index (χ0n) is 8.99. The van der Waals surface area contributed by atoms with Crippen molar-refractivity contribution in [3.05, 3.63) is 54.1 Å². The van der Waals surface area contributed by atoms with Crippen molar-refractivity contribution in [2.24, 2.45) is 0 Å². The van der Waals surface area contributed by atoms with Crippen LogP contribution in [0.3, 0.4) is 0 Å². The zero-order valence-corrected chi connectivity index (χ0v) is 8.99. The Bertz CT molecular complexity index is 391. The van der Waals surface area contributed by atoms with E-state index in [0.29, 0.717) is 0 Å². The van der Waals surface area contributed by atoms with E-state index >= 15 is 0 Å². The van der Waals surface area contributed by atoms with Crippen molar-refractivity contribution >= 4 is 0 Å². The predicted octanol–water partition coefficient (Wildman–Crippen LogP) is 1.38. The van der Waals surface area contributed by atoms with Gasteiger partial charge in [0.25, 0.3) is 0 Å². The molecule has 0 saturated carbocycles. The maximum Gasteiger partial charge on any atom is 0.0732 e. The van der Waals surface area contributed by atoms with Crippen molar-refractivity contribution in [1.82, 2.24) is 15.2 Å². The molecule has 1 N–H and O–H groups in total. The lowest BCUT2D eigenvalue weighted by Gasteiger charge is -2.18. The Hall–Kier alpha value is -1.81. The van der Waals surface area contributed by atoms with Crippen molar-refractivity contribution in [2.45, 2.75) is 18.9 Å². The van der Waals surface area contributed by atoms with Crippen molar-refractivity contribution < 1.29 is 5.11 Å². The van der Waals surface area contributed by atoms with Crippen LogP contribution in [0.2, 0.25) is 0 Å². The minimum Gasteiger partial charge on any atom is -0.392 e. The van der Waals surface area contributed by atoms with Gasteiger partial charge in [0.05, 0.1) is 17.7 Å². The van der Waals surface area contributed by atoms with Crippen molar-refractivity contribution in [3.63, 3.8) is 0 Å². The average molecular weight is 215 g/mol. The minimum atomic E-state index is -0.527. The van der Waals surface area contributed by atoms with Gasteiger partial charge in [-0.3, -0.25) is 4.98 Å². The topological polar surface area (TPSA) is 58.9 Å². The van der Waals surface area contributed by atoms with Gasteiger partial charge in [-0.15, -0.1) is 0 Å². The van der Waals surface area contributed by atoms with Crippen molar-refractivity contribution in [1.29, 1.82) is 0 Å². The monoisotopic (exact) mass is 215 g/mol. The first kappa shape index (κ1) is 10.7. The SMILES string of the molecule is CC(O)C(c1cccnc1)c1cccnn1. The van der Waals surface area contributed by atoms with Gasteiger partial charge in [-0.2, -0.15) is 10.2 Å². The fraction of sp³-hybridized carbons (Fsp3) is 0.250. The molecule has 0 spiro atoms. The van der Waals surface area contributed by atoms with Gasteiger partial charge in [0.1, 0.15) is 0 Å². The van der Waals surface area contributed by atoms with Crippen molar-refractivity contribution in [2.75, 3.05) is 0 Å². The lowest BCUT2D eigenvalue weighted by molar-refractivity contribution is 0.174. The van der Waals surface area contributed by atoms with Crippen LogP contribution in [0.4, 0.5) is 0 Å². The van der Waals surface area contributed by atoms with E-state index in [0.717, 1.165) is 11.3 Å². The summed E-state index contributed by atoms with van der Waals surface area (Å²) in [6.07, 6.45) is 4.54. The second kappa shape index (κ2) is 4.81. The van der Waals surface area contributed by atoms with Crippen LogP contribution in [0.5, 0.6) is 0 Å². The molecule has 0 aliphatic heterocycles. The first-order chi connectivity index (χ1) is 7.79. The Labute approximate surface area is 94.0 Å². The molecule has 2 aromatic rings. The van der Waals surface area contributed by atoms with Crippen LogP contribution >= 0.6 is 0 Å². The maximum atomic E-state index is 9.82. The van der Waals surface area contributed by atoms with Crippen LogP contribution in [-0.2, 0) is 0 Å². The maximum absolute atomic E-state index is 9.82. The van der Waals surface area contributed by atoms with E-state index in [4.69, 9.17) is 0 Å². The normalized spacial score (nSPS) is 14.4. The van der Waals surface area contributed by atoms with Crippen molar-refractivity contribution in [3.8, 4) is 0 Å². The number of pyridine rings is 1. The molecular formula is C12H13N3O. The average Bonchev–Trinajstić information content (AvgIpc) is 2.31. The quantitative estimate of drug-likeness (QED) is 0.840. The third kappa shape index (κ3) is 2.23. The van der Waals surface area contributed by atoms with Gasteiger partial charge >= 0.3 is 0 Å². The summed E-state index contributed by atoms with van der Waals surface area (Å²) >= 11 is 0. The molecule has 0 amide bonds. The molecule has 0 fully saturated rings. The number of aliphatic hydroxyl groups excluding tert-OH is 1. The lowest BCUT2D eigenvalue weighted by Crippen LogP contribution is -2.17. The molecular weight excluding hydrogens is 202 g/mol. The molecule has 0 aliphatic carbocycles. The van der Waals surface area contributed by atoms with E-state index < -0.39 is 6.10 Å². The number of nitrogens with zero attached hydrogens (tertiary/aromatic N) is 3. The highest BCUT2D eigenvalue weighted by Gasteiger charge is 2.21. The van der Waals surface area contributed by atoms with E-state index in [1.54, 1.807) is 25.5 Å². The predicted molar refractivity (Wildman–Crippen MR) is 59.8 cm³/mol. The smallest absolute Gasteiger partial charge is 0.0732 e. The van der Waals surface area contributed by atoms with Gasteiger partial charge in [-0.25, -0.2) is 0 Å². The first-order valence-electron chi connectivity index (χ1n) is 5.14. The van der Waals surface area contributed by atoms with Crippen LogP contribution in [0, 0.1) is 0 Å². The zero-order chi connectivity index (χ0) is 11.4. The molecule has 82 valence electrons. The molecule has 0 aliphatic rings. The molecule has 4 nitrogen and oxygen atoms in total. The molecule has 0 radical (unpaired) electrons. The fourth-order valence-electron chi connectivity index (χ4n) is 1.74. The van der Waals surface area contributed by atoms with E-state index in [2.05, 4.69) is 15.2 Å². The van der Waals surface area contributed by atoms with Crippen LogP contribution in [0.25, 0.3) is 0 Å². The third-order valence-corrected chi connectivity index (χ3v) is 2.44. The highest BCUT2D eigenvalue weighted by Crippen LogP contribution is 2.25. The molecule has 2 unspecified atom stereocenters. The summed E-state index contributed by atoms with van der Waals surface area (Å²) in [4.78, 5) is 4.05. The molecule has 2 aromatic heterocycles. The number of aromatic nitrogens is 3. The number of hydrogen-bond acceptors (Lipinski definition) is 4. The number of hydrogen-bond donors (Lipinski definition) is 1. The molecule has 2 atom stereocenters. The summed E-state index contributed by atoms with van der Waals surface area (Å²) in [6, 6.07) is 7.45. The van der Waals surface area contributed by atoms with E-state index in [1.807, 2.05) is 24.3 Å². The highest BCUT2D eigenvalue weighted by molar-refractivity contribution is 5.26. The fourth-order valence-corrected chi connectivity index (χ4v) is 1.74. The lowest BCUT2D eigenvalue weighted by atomic mass is 9.92. The van der Waals surface area contributed by atoms with Gasteiger partial charge < -0.3 is 5.11 Å². The minimum absolute atomic E-state index is 0.178. The molecule has 2 heterocycles. The van der Waals surface area contributed by atoms with Crippen LogP contribution in [0.15, 0.2) is 42.9 Å². The Kier molecular flexibility index (Phi) is 3.22. The molecule has 4 heteroatoms. The third-order valence-electron chi connectivity index (χ3n) is 2.44. The summed E-state index contributed by atoms with van der Waals surface area (Å²) in [5.74, 6) is -0.178. The molecule has 0 bridgehead atoms. The second-order valence-corrected chi connectivity index (χ2v) is 3.65. The number of rotatable bonds is 3. The molecule has 0 aromatic carbocycles.